The summed E-state index contributed by atoms with van der Waals surface area (Å²) in [6.45, 7) is 11.0. The summed E-state index contributed by atoms with van der Waals surface area (Å²) in [7, 11) is 0. The maximum atomic E-state index is 3.71. The zero-order valence-electron chi connectivity index (χ0n) is 12.6. The molecule has 0 spiro atoms. The molecule has 2 fully saturated rings. The second kappa shape index (κ2) is 6.91. The molecule has 1 saturated heterocycles. The molecular formula is C16H32N2. The van der Waals surface area contributed by atoms with Crippen LogP contribution in [0.25, 0.3) is 0 Å². The van der Waals surface area contributed by atoms with E-state index in [1.807, 2.05) is 0 Å². The highest BCUT2D eigenvalue weighted by Crippen LogP contribution is 2.26. The van der Waals surface area contributed by atoms with E-state index in [1.54, 1.807) is 0 Å². The molecule has 0 amide bonds. The van der Waals surface area contributed by atoms with E-state index in [0.29, 0.717) is 0 Å². The first kappa shape index (κ1) is 14.3. The van der Waals surface area contributed by atoms with E-state index in [4.69, 9.17) is 0 Å². The standard InChI is InChI=1S/C16H32N2/c1-13(2)9-11-18(15-6-4-5-7-15)12-16-14(3)8-10-17-16/h13-17H,4-12H2,1-3H3. The molecule has 2 nitrogen and oxygen atoms in total. The molecule has 0 aromatic carbocycles. The summed E-state index contributed by atoms with van der Waals surface area (Å²) < 4.78 is 0. The van der Waals surface area contributed by atoms with Gasteiger partial charge in [0.1, 0.15) is 0 Å². The van der Waals surface area contributed by atoms with Gasteiger partial charge < -0.3 is 5.32 Å². The third-order valence-electron chi connectivity index (χ3n) is 4.96. The first-order chi connectivity index (χ1) is 8.66. The fourth-order valence-electron chi connectivity index (χ4n) is 3.51. The normalized spacial score (nSPS) is 29.8. The molecule has 2 heteroatoms. The Morgan fingerprint density at radius 2 is 1.89 bits per heavy atom. The monoisotopic (exact) mass is 252 g/mol. The molecule has 0 bridgehead atoms. The van der Waals surface area contributed by atoms with Crippen LogP contribution in [0.5, 0.6) is 0 Å². The SMILES string of the molecule is CC(C)CCN(CC1NCCC1C)C1CCCC1. The van der Waals surface area contributed by atoms with Gasteiger partial charge in [-0.2, -0.15) is 0 Å². The number of nitrogens with zero attached hydrogens (tertiary/aromatic N) is 1. The second-order valence-electron chi connectivity index (χ2n) is 6.94. The summed E-state index contributed by atoms with van der Waals surface area (Å²) >= 11 is 0. The maximum absolute atomic E-state index is 3.71. The van der Waals surface area contributed by atoms with Gasteiger partial charge in [0.05, 0.1) is 0 Å². The summed E-state index contributed by atoms with van der Waals surface area (Å²) in [6.07, 6.45) is 8.52. The van der Waals surface area contributed by atoms with Gasteiger partial charge in [-0.1, -0.05) is 33.6 Å². The van der Waals surface area contributed by atoms with E-state index in [9.17, 15) is 0 Å². The van der Waals surface area contributed by atoms with Crippen molar-refractivity contribution in [2.24, 2.45) is 11.8 Å². The summed E-state index contributed by atoms with van der Waals surface area (Å²) in [4.78, 5) is 2.81. The molecule has 1 heterocycles. The van der Waals surface area contributed by atoms with Gasteiger partial charge in [0, 0.05) is 18.6 Å². The molecule has 18 heavy (non-hydrogen) atoms. The lowest BCUT2D eigenvalue weighted by Gasteiger charge is -2.33. The molecular weight excluding hydrogens is 220 g/mol. The van der Waals surface area contributed by atoms with E-state index in [1.165, 1.54) is 58.2 Å². The molecule has 106 valence electrons. The molecule has 1 aliphatic carbocycles. The summed E-state index contributed by atoms with van der Waals surface area (Å²) in [5, 5.41) is 3.71. The first-order valence-corrected chi connectivity index (χ1v) is 8.14. The van der Waals surface area contributed by atoms with Crippen LogP contribution in [-0.2, 0) is 0 Å². The second-order valence-corrected chi connectivity index (χ2v) is 6.94. The van der Waals surface area contributed by atoms with Gasteiger partial charge in [-0.05, 0) is 50.6 Å². The van der Waals surface area contributed by atoms with Gasteiger partial charge in [0.2, 0.25) is 0 Å². The lowest BCUT2D eigenvalue weighted by molar-refractivity contribution is 0.163. The minimum Gasteiger partial charge on any atom is -0.312 e. The lowest BCUT2D eigenvalue weighted by Crippen LogP contribution is -2.45. The molecule has 1 saturated carbocycles. The summed E-state index contributed by atoms with van der Waals surface area (Å²) in [6, 6.07) is 1.64. The van der Waals surface area contributed by atoms with Crippen molar-refractivity contribution in [2.45, 2.75) is 71.4 Å². The molecule has 2 rings (SSSR count). The van der Waals surface area contributed by atoms with Gasteiger partial charge in [0.15, 0.2) is 0 Å². The highest BCUT2D eigenvalue weighted by Gasteiger charge is 2.29. The van der Waals surface area contributed by atoms with Crippen LogP contribution in [-0.4, -0.2) is 36.6 Å². The molecule has 1 aliphatic heterocycles. The molecule has 2 aliphatic rings. The summed E-state index contributed by atoms with van der Waals surface area (Å²) in [5.41, 5.74) is 0. The molecule has 0 radical (unpaired) electrons. The van der Waals surface area contributed by atoms with Crippen LogP contribution >= 0.6 is 0 Å². The van der Waals surface area contributed by atoms with E-state index >= 15 is 0 Å². The third-order valence-corrected chi connectivity index (χ3v) is 4.96. The average Bonchev–Trinajstić information content (AvgIpc) is 2.96. The number of rotatable bonds is 6. The number of hydrogen-bond acceptors (Lipinski definition) is 2. The van der Waals surface area contributed by atoms with Gasteiger partial charge in [-0.15, -0.1) is 0 Å². The van der Waals surface area contributed by atoms with Crippen molar-refractivity contribution in [2.75, 3.05) is 19.6 Å². The minimum absolute atomic E-state index is 0.748. The number of hydrogen-bond donors (Lipinski definition) is 1. The Hall–Kier alpha value is -0.0800. The molecule has 2 atom stereocenters. The first-order valence-electron chi connectivity index (χ1n) is 8.14. The van der Waals surface area contributed by atoms with Gasteiger partial charge in [-0.25, -0.2) is 0 Å². The molecule has 0 aromatic heterocycles. The largest absolute Gasteiger partial charge is 0.312 e. The zero-order chi connectivity index (χ0) is 13.0. The Morgan fingerprint density at radius 3 is 2.44 bits per heavy atom. The third kappa shape index (κ3) is 3.96. The van der Waals surface area contributed by atoms with Crippen LogP contribution in [0.3, 0.4) is 0 Å². The van der Waals surface area contributed by atoms with E-state index in [-0.39, 0.29) is 0 Å². The van der Waals surface area contributed by atoms with Crippen molar-refractivity contribution in [1.29, 1.82) is 0 Å². The van der Waals surface area contributed by atoms with Crippen LogP contribution in [0.2, 0.25) is 0 Å². The van der Waals surface area contributed by atoms with Crippen LogP contribution in [0.4, 0.5) is 0 Å². The topological polar surface area (TPSA) is 15.3 Å². The smallest absolute Gasteiger partial charge is 0.0221 e. The number of nitrogens with one attached hydrogen (secondary N) is 1. The van der Waals surface area contributed by atoms with Crippen molar-refractivity contribution >= 4 is 0 Å². The highest BCUT2D eigenvalue weighted by atomic mass is 15.2. The van der Waals surface area contributed by atoms with Crippen LogP contribution in [0, 0.1) is 11.8 Å². The average molecular weight is 252 g/mol. The lowest BCUT2D eigenvalue weighted by atomic mass is 10.0. The van der Waals surface area contributed by atoms with Crippen molar-refractivity contribution in [3.63, 3.8) is 0 Å². The zero-order valence-corrected chi connectivity index (χ0v) is 12.6. The Kier molecular flexibility index (Phi) is 5.50. The summed E-state index contributed by atoms with van der Waals surface area (Å²) in [5.74, 6) is 1.70. The van der Waals surface area contributed by atoms with Crippen molar-refractivity contribution < 1.29 is 0 Å². The highest BCUT2D eigenvalue weighted by molar-refractivity contribution is 4.87. The molecule has 1 N–H and O–H groups in total. The quantitative estimate of drug-likeness (QED) is 0.780. The predicted molar refractivity (Wildman–Crippen MR) is 78.9 cm³/mol. The fourth-order valence-corrected chi connectivity index (χ4v) is 3.51. The Morgan fingerprint density at radius 1 is 1.17 bits per heavy atom. The Bertz CT molecular complexity index is 233. The maximum Gasteiger partial charge on any atom is 0.0221 e. The van der Waals surface area contributed by atoms with Gasteiger partial charge >= 0.3 is 0 Å². The van der Waals surface area contributed by atoms with Crippen molar-refractivity contribution in [1.82, 2.24) is 10.2 Å². The Balaban J connectivity index is 1.86. The van der Waals surface area contributed by atoms with Crippen LogP contribution in [0.1, 0.15) is 59.3 Å². The predicted octanol–water partition coefficient (Wildman–Crippen LogP) is 3.28. The van der Waals surface area contributed by atoms with Crippen LogP contribution < -0.4 is 5.32 Å². The van der Waals surface area contributed by atoms with Gasteiger partial charge in [-0.3, -0.25) is 4.90 Å². The minimum atomic E-state index is 0.748. The van der Waals surface area contributed by atoms with Crippen LogP contribution in [0.15, 0.2) is 0 Å². The fraction of sp³-hybridized carbons (Fsp3) is 1.00. The Labute approximate surface area is 114 Å². The van der Waals surface area contributed by atoms with Gasteiger partial charge in [0.25, 0.3) is 0 Å². The van der Waals surface area contributed by atoms with Crippen molar-refractivity contribution in [3.05, 3.63) is 0 Å². The van der Waals surface area contributed by atoms with E-state index in [0.717, 1.165) is 23.9 Å². The molecule has 0 aromatic rings. The van der Waals surface area contributed by atoms with Crippen molar-refractivity contribution in [3.8, 4) is 0 Å². The molecule has 2 unspecified atom stereocenters. The van der Waals surface area contributed by atoms with E-state index < -0.39 is 0 Å². The van der Waals surface area contributed by atoms with E-state index in [2.05, 4.69) is 31.0 Å².